The van der Waals surface area contributed by atoms with E-state index in [-0.39, 0.29) is 12.5 Å². The molecule has 1 rings (SSSR count). The van der Waals surface area contributed by atoms with E-state index in [1.807, 2.05) is 0 Å². The minimum absolute atomic E-state index is 0.123. The van der Waals surface area contributed by atoms with Crippen molar-refractivity contribution in [2.75, 3.05) is 6.29 Å². The van der Waals surface area contributed by atoms with Gasteiger partial charge in [0, 0.05) is 0 Å². The van der Waals surface area contributed by atoms with Crippen molar-refractivity contribution < 1.29 is 28.7 Å². The molecule has 0 aliphatic carbocycles. The Balaban J connectivity index is 2.84. The van der Waals surface area contributed by atoms with E-state index in [4.69, 9.17) is 20.3 Å². The van der Waals surface area contributed by atoms with Gasteiger partial charge >= 0.3 is 13.7 Å². The molecule has 0 radical (unpaired) electrons. The molecule has 0 saturated carbocycles. The third-order valence-corrected chi connectivity index (χ3v) is 3.67. The summed E-state index contributed by atoms with van der Waals surface area (Å²) >= 11 is 0. The van der Waals surface area contributed by atoms with Crippen molar-refractivity contribution in [2.45, 2.75) is 26.5 Å². The van der Waals surface area contributed by atoms with E-state index in [2.05, 4.69) is 0 Å². The highest BCUT2D eigenvalue weighted by Crippen LogP contribution is 2.35. The molecule has 4 N–H and O–H groups in total. The molecular weight excluding hydrogens is 323 g/mol. The van der Waals surface area contributed by atoms with Crippen molar-refractivity contribution in [1.29, 1.82) is 0 Å². The number of benzene rings is 1. The Morgan fingerprint density at radius 1 is 1.26 bits per heavy atom. The van der Waals surface area contributed by atoms with E-state index in [9.17, 15) is 14.2 Å². The highest BCUT2D eigenvalue weighted by molar-refractivity contribution is 7.51. The predicted molar refractivity (Wildman–Crippen MR) is 83.2 cm³/mol. The molecule has 9 heteroatoms. The number of nitrogens with two attached hydrogens (primary N) is 1. The van der Waals surface area contributed by atoms with E-state index in [0.29, 0.717) is 10.5 Å². The van der Waals surface area contributed by atoms with Crippen LogP contribution in [0.4, 0.5) is 4.79 Å². The summed E-state index contributed by atoms with van der Waals surface area (Å²) < 4.78 is 16.1. The third kappa shape index (κ3) is 6.50. The molecule has 0 fully saturated rings. The molecule has 0 aromatic heterocycles. The topological polar surface area (TPSA) is 130 Å². The highest BCUT2D eigenvalue weighted by atomic mass is 31.2. The van der Waals surface area contributed by atoms with Gasteiger partial charge in [-0.05, 0) is 11.5 Å². The molecule has 0 aliphatic rings. The second kappa shape index (κ2) is 8.21. The summed E-state index contributed by atoms with van der Waals surface area (Å²) in [6.45, 7) is 3.20. The van der Waals surface area contributed by atoms with Crippen molar-refractivity contribution in [1.82, 2.24) is 4.90 Å². The van der Waals surface area contributed by atoms with Gasteiger partial charge in [-0.2, -0.15) is 0 Å². The fourth-order valence-electron chi connectivity index (χ4n) is 1.66. The third-order valence-electron chi connectivity index (χ3n) is 3.02. The number of rotatable bonds is 6. The number of carbonyl (C=O) groups excluding carboxylic acids is 2. The first-order chi connectivity index (χ1) is 10.6. The van der Waals surface area contributed by atoms with Crippen molar-refractivity contribution in [2.24, 2.45) is 11.7 Å². The summed E-state index contributed by atoms with van der Waals surface area (Å²) in [5.74, 6) is -1.19. The Hall–Kier alpha value is -1.73. The molecule has 0 heterocycles. The van der Waals surface area contributed by atoms with Crippen LogP contribution in [0.2, 0.25) is 0 Å². The van der Waals surface area contributed by atoms with Crippen LogP contribution in [0.25, 0.3) is 0 Å². The number of ether oxygens (including phenoxy) is 1. The molecular formula is C14H21N2O6P. The van der Waals surface area contributed by atoms with Gasteiger partial charge in [0.15, 0.2) is 0 Å². The van der Waals surface area contributed by atoms with Gasteiger partial charge in [0.05, 0.1) is 6.04 Å². The molecule has 1 atom stereocenters. The lowest BCUT2D eigenvalue weighted by molar-refractivity contribution is -0.131. The molecule has 128 valence electrons. The number of hydrogen-bond donors (Lipinski definition) is 3. The number of nitrogens with zero attached hydrogens (tertiary/aromatic N) is 1. The van der Waals surface area contributed by atoms with E-state index < -0.39 is 31.9 Å². The Morgan fingerprint density at radius 3 is 2.30 bits per heavy atom. The SMILES string of the molecule is CC(C)[C@H](N)C(=O)N(CP(=O)(O)O)C(=O)OCc1ccccc1. The summed E-state index contributed by atoms with van der Waals surface area (Å²) in [5, 5.41) is 0. The van der Waals surface area contributed by atoms with Gasteiger partial charge in [-0.15, -0.1) is 0 Å². The van der Waals surface area contributed by atoms with Crippen LogP contribution in [0, 0.1) is 5.92 Å². The van der Waals surface area contributed by atoms with Crippen molar-refractivity contribution in [3.05, 3.63) is 35.9 Å². The fraction of sp³-hybridized carbons (Fsp3) is 0.429. The molecule has 0 aliphatic heterocycles. The van der Waals surface area contributed by atoms with E-state index in [1.165, 1.54) is 0 Å². The highest BCUT2D eigenvalue weighted by Gasteiger charge is 2.34. The Kier molecular flexibility index (Phi) is 6.90. The van der Waals surface area contributed by atoms with Crippen LogP contribution in [0.1, 0.15) is 19.4 Å². The molecule has 8 nitrogen and oxygen atoms in total. The van der Waals surface area contributed by atoms with Crippen LogP contribution in [-0.2, 0) is 20.7 Å². The lowest BCUT2D eigenvalue weighted by Crippen LogP contribution is -2.49. The largest absolute Gasteiger partial charge is 0.444 e. The molecule has 1 aromatic rings. The van der Waals surface area contributed by atoms with Gasteiger partial charge < -0.3 is 20.3 Å². The quantitative estimate of drug-likeness (QED) is 0.662. The van der Waals surface area contributed by atoms with E-state index >= 15 is 0 Å². The number of imide groups is 1. The standard InChI is InChI=1S/C14H21N2O6P/c1-10(2)12(15)13(17)16(9-23(19,20)21)14(18)22-8-11-6-4-3-5-7-11/h3-7,10,12H,8-9,15H2,1-2H3,(H2,19,20,21)/t12-/m0/s1. The Bertz CT molecular complexity index is 586. The second-order valence-corrected chi connectivity index (χ2v) is 6.99. The average molecular weight is 344 g/mol. The second-order valence-electron chi connectivity index (χ2n) is 5.38. The van der Waals surface area contributed by atoms with Crippen molar-refractivity contribution in [3.63, 3.8) is 0 Å². The van der Waals surface area contributed by atoms with Gasteiger partial charge in [0.25, 0.3) is 0 Å². The summed E-state index contributed by atoms with van der Waals surface area (Å²) in [5.41, 5.74) is 6.35. The van der Waals surface area contributed by atoms with E-state index in [1.54, 1.807) is 44.2 Å². The van der Waals surface area contributed by atoms with Crippen molar-refractivity contribution in [3.8, 4) is 0 Å². The van der Waals surface area contributed by atoms with Crippen LogP contribution in [-0.4, -0.2) is 39.0 Å². The van der Waals surface area contributed by atoms with Crippen LogP contribution in [0.15, 0.2) is 30.3 Å². The smallest absolute Gasteiger partial charge is 0.417 e. The average Bonchev–Trinajstić information content (AvgIpc) is 2.48. The summed E-state index contributed by atoms with van der Waals surface area (Å²) in [6, 6.07) is 7.64. The molecule has 0 bridgehead atoms. The first kappa shape index (κ1) is 19.3. The summed E-state index contributed by atoms with van der Waals surface area (Å²) in [6.07, 6.45) is -2.21. The zero-order chi connectivity index (χ0) is 17.6. The Labute approximate surface area is 134 Å². The minimum atomic E-state index is -4.65. The van der Waals surface area contributed by atoms with Crippen LogP contribution >= 0.6 is 7.60 Å². The molecule has 23 heavy (non-hydrogen) atoms. The lowest BCUT2D eigenvalue weighted by Gasteiger charge is -2.25. The maximum atomic E-state index is 12.2. The molecule has 0 spiro atoms. The fourth-order valence-corrected chi connectivity index (χ4v) is 2.29. The monoisotopic (exact) mass is 344 g/mol. The predicted octanol–water partition coefficient (Wildman–Crippen LogP) is 1.27. The summed E-state index contributed by atoms with van der Waals surface area (Å²) in [7, 11) is -4.65. The zero-order valence-corrected chi connectivity index (χ0v) is 13.8. The number of amides is 2. The minimum Gasteiger partial charge on any atom is -0.444 e. The number of carbonyl (C=O) groups is 2. The molecule has 2 amide bonds. The maximum absolute atomic E-state index is 12.2. The molecule has 0 unspecified atom stereocenters. The van der Waals surface area contributed by atoms with Crippen molar-refractivity contribution >= 4 is 19.6 Å². The van der Waals surface area contributed by atoms with Crippen LogP contribution < -0.4 is 5.73 Å². The number of hydrogen-bond acceptors (Lipinski definition) is 5. The van der Waals surface area contributed by atoms with Crippen LogP contribution in [0.5, 0.6) is 0 Å². The maximum Gasteiger partial charge on any atom is 0.417 e. The first-order valence-corrected chi connectivity index (χ1v) is 8.74. The van der Waals surface area contributed by atoms with Crippen LogP contribution in [0.3, 0.4) is 0 Å². The van der Waals surface area contributed by atoms with Gasteiger partial charge in [-0.25, -0.2) is 9.69 Å². The lowest BCUT2D eigenvalue weighted by atomic mass is 10.0. The van der Waals surface area contributed by atoms with Gasteiger partial charge in [-0.3, -0.25) is 9.36 Å². The molecule has 0 saturated heterocycles. The molecule has 1 aromatic carbocycles. The van der Waals surface area contributed by atoms with Gasteiger partial charge in [-0.1, -0.05) is 44.2 Å². The van der Waals surface area contributed by atoms with E-state index in [0.717, 1.165) is 0 Å². The zero-order valence-electron chi connectivity index (χ0n) is 13.0. The van der Waals surface area contributed by atoms with Gasteiger partial charge in [0.1, 0.15) is 12.9 Å². The Morgan fingerprint density at radius 2 is 1.83 bits per heavy atom. The first-order valence-electron chi connectivity index (χ1n) is 6.94. The van der Waals surface area contributed by atoms with Gasteiger partial charge in [0.2, 0.25) is 5.91 Å². The normalized spacial score (nSPS) is 12.8. The summed E-state index contributed by atoms with van der Waals surface area (Å²) in [4.78, 5) is 42.7.